The van der Waals surface area contributed by atoms with Crippen LogP contribution in [0.3, 0.4) is 0 Å². The molecule has 0 radical (unpaired) electrons. The third-order valence-corrected chi connectivity index (χ3v) is 3.38. The van der Waals surface area contributed by atoms with Crippen LogP contribution in [0.5, 0.6) is 0 Å². The number of hydrogen-bond acceptors (Lipinski definition) is 3. The van der Waals surface area contributed by atoms with Gasteiger partial charge in [0.2, 0.25) is 0 Å². The van der Waals surface area contributed by atoms with Crippen LogP contribution in [-0.2, 0) is 9.47 Å². The smallest absolute Gasteiger partial charge is 0.330 e. The van der Waals surface area contributed by atoms with Crippen LogP contribution in [0.1, 0.15) is 26.2 Å². The molecule has 1 fully saturated rings. The first kappa shape index (κ1) is 17.7. The summed E-state index contributed by atoms with van der Waals surface area (Å²) in [6.07, 6.45) is -1.02. The molecule has 7 heteroatoms. The summed E-state index contributed by atoms with van der Waals surface area (Å²) in [7, 11) is 0. The number of hydrogen-bond donors (Lipinski definition) is 1. The first-order valence-electron chi connectivity index (χ1n) is 7.00. The second-order valence-electron chi connectivity index (χ2n) is 5.12. The van der Waals surface area contributed by atoms with Gasteiger partial charge in [0.15, 0.2) is 0 Å². The van der Waals surface area contributed by atoms with Gasteiger partial charge < -0.3 is 14.8 Å². The Balaban J connectivity index is 2.31. The fourth-order valence-electron chi connectivity index (χ4n) is 2.28. The Morgan fingerprint density at radius 1 is 1.30 bits per heavy atom. The molecule has 1 unspecified atom stereocenters. The molecule has 3 nitrogen and oxygen atoms in total. The summed E-state index contributed by atoms with van der Waals surface area (Å²) in [4.78, 5) is 0. The minimum atomic E-state index is -4.07. The molecule has 1 rings (SSSR count). The van der Waals surface area contributed by atoms with Gasteiger partial charge in [-0.25, -0.2) is 8.78 Å². The lowest BCUT2D eigenvalue weighted by Gasteiger charge is -2.27. The number of halogens is 4. The molecule has 1 heterocycles. The van der Waals surface area contributed by atoms with E-state index in [4.69, 9.17) is 9.47 Å². The number of likely N-dealkylation sites (N-methyl/N-ethyl adjacent to an activating group) is 1. The lowest BCUT2D eigenvalue weighted by Crippen LogP contribution is -2.39. The normalized spacial score (nSPS) is 19.5. The minimum absolute atomic E-state index is 0.0213. The highest BCUT2D eigenvalue weighted by Crippen LogP contribution is 2.24. The van der Waals surface area contributed by atoms with Crippen molar-refractivity contribution in [2.75, 3.05) is 33.0 Å². The SMILES string of the molecule is CCNC(COCC(F)(F)C(F)F)CC1CCOCC1. The van der Waals surface area contributed by atoms with E-state index in [-0.39, 0.29) is 12.6 Å². The minimum Gasteiger partial charge on any atom is -0.381 e. The van der Waals surface area contributed by atoms with Crippen molar-refractivity contribution in [2.45, 2.75) is 44.6 Å². The van der Waals surface area contributed by atoms with E-state index in [0.29, 0.717) is 25.7 Å². The number of nitrogens with one attached hydrogen (secondary N) is 1. The highest BCUT2D eigenvalue weighted by molar-refractivity contribution is 4.74. The van der Waals surface area contributed by atoms with Gasteiger partial charge in [0, 0.05) is 19.3 Å². The largest absolute Gasteiger partial charge is 0.381 e. The van der Waals surface area contributed by atoms with Crippen molar-refractivity contribution in [1.29, 1.82) is 0 Å². The van der Waals surface area contributed by atoms with Crippen molar-refractivity contribution in [3.8, 4) is 0 Å². The maximum absolute atomic E-state index is 12.7. The van der Waals surface area contributed by atoms with E-state index in [1.807, 2.05) is 6.92 Å². The highest BCUT2D eigenvalue weighted by Gasteiger charge is 2.41. The van der Waals surface area contributed by atoms with Crippen LogP contribution in [-0.4, -0.2) is 51.4 Å². The summed E-state index contributed by atoms with van der Waals surface area (Å²) in [6.45, 7) is 2.81. The fourth-order valence-corrected chi connectivity index (χ4v) is 2.28. The molecule has 0 aliphatic carbocycles. The van der Waals surface area contributed by atoms with Gasteiger partial charge in [-0.05, 0) is 31.7 Å². The molecule has 1 aliphatic rings. The Bertz CT molecular complexity index is 261. The van der Waals surface area contributed by atoms with Crippen molar-refractivity contribution in [3.63, 3.8) is 0 Å². The Hall–Kier alpha value is -0.400. The molecule has 0 aromatic carbocycles. The number of ether oxygens (including phenoxy) is 2. The topological polar surface area (TPSA) is 30.5 Å². The Morgan fingerprint density at radius 2 is 1.95 bits per heavy atom. The standard InChI is InChI=1S/C13H23F4NO2/c1-2-18-11(7-10-3-5-19-6-4-10)8-20-9-13(16,17)12(14)15/h10-12,18H,2-9H2,1H3. The summed E-state index contributed by atoms with van der Waals surface area (Å²) in [5.74, 6) is -3.61. The van der Waals surface area contributed by atoms with E-state index in [1.165, 1.54) is 0 Å². The first-order valence-corrected chi connectivity index (χ1v) is 7.00. The van der Waals surface area contributed by atoms with Crippen molar-refractivity contribution in [1.82, 2.24) is 5.32 Å². The van der Waals surface area contributed by atoms with E-state index in [0.717, 1.165) is 19.3 Å². The number of alkyl halides is 4. The second-order valence-corrected chi connectivity index (χ2v) is 5.12. The predicted molar refractivity (Wildman–Crippen MR) is 67.4 cm³/mol. The molecule has 1 N–H and O–H groups in total. The lowest BCUT2D eigenvalue weighted by molar-refractivity contribution is -0.167. The van der Waals surface area contributed by atoms with E-state index in [1.54, 1.807) is 0 Å². The summed E-state index contributed by atoms with van der Waals surface area (Å²) >= 11 is 0. The molecular weight excluding hydrogens is 278 g/mol. The second kappa shape index (κ2) is 8.79. The average Bonchev–Trinajstić information content (AvgIpc) is 2.39. The van der Waals surface area contributed by atoms with Crippen LogP contribution in [0.25, 0.3) is 0 Å². The van der Waals surface area contributed by atoms with Gasteiger partial charge in [-0.2, -0.15) is 8.78 Å². The molecule has 0 aromatic heterocycles. The molecule has 0 bridgehead atoms. The van der Waals surface area contributed by atoms with Crippen molar-refractivity contribution >= 4 is 0 Å². The van der Waals surface area contributed by atoms with Gasteiger partial charge in [-0.1, -0.05) is 6.92 Å². The molecule has 0 aromatic rings. The third-order valence-electron chi connectivity index (χ3n) is 3.38. The highest BCUT2D eigenvalue weighted by atomic mass is 19.3. The maximum Gasteiger partial charge on any atom is 0.330 e. The van der Waals surface area contributed by atoms with Gasteiger partial charge in [0.25, 0.3) is 0 Å². The average molecular weight is 301 g/mol. The molecule has 1 saturated heterocycles. The summed E-state index contributed by atoms with van der Waals surface area (Å²) in [5, 5.41) is 3.15. The molecule has 0 saturated carbocycles. The van der Waals surface area contributed by atoms with Crippen LogP contribution in [0.2, 0.25) is 0 Å². The molecule has 120 valence electrons. The predicted octanol–water partition coefficient (Wildman–Crippen LogP) is 2.70. The summed E-state index contributed by atoms with van der Waals surface area (Å²) < 4.78 is 59.5. The Labute approximate surface area is 117 Å². The van der Waals surface area contributed by atoms with Gasteiger partial charge >= 0.3 is 12.3 Å². The third kappa shape index (κ3) is 6.37. The molecule has 1 atom stereocenters. The molecule has 0 amide bonds. The monoisotopic (exact) mass is 301 g/mol. The van der Waals surface area contributed by atoms with E-state index in [9.17, 15) is 17.6 Å². The van der Waals surface area contributed by atoms with Gasteiger partial charge in [0.1, 0.15) is 6.61 Å². The zero-order valence-electron chi connectivity index (χ0n) is 11.7. The van der Waals surface area contributed by atoms with Crippen molar-refractivity contribution in [3.05, 3.63) is 0 Å². The van der Waals surface area contributed by atoms with Crippen LogP contribution in [0.15, 0.2) is 0 Å². The van der Waals surface area contributed by atoms with Crippen LogP contribution in [0, 0.1) is 5.92 Å². The summed E-state index contributed by atoms with van der Waals surface area (Å²) in [5.41, 5.74) is 0. The van der Waals surface area contributed by atoms with E-state index in [2.05, 4.69) is 5.32 Å². The van der Waals surface area contributed by atoms with Crippen molar-refractivity contribution < 1.29 is 27.0 Å². The number of rotatable bonds is 9. The van der Waals surface area contributed by atoms with E-state index >= 15 is 0 Å². The van der Waals surface area contributed by atoms with E-state index < -0.39 is 19.0 Å². The fraction of sp³-hybridized carbons (Fsp3) is 1.00. The zero-order valence-corrected chi connectivity index (χ0v) is 11.7. The summed E-state index contributed by atoms with van der Waals surface area (Å²) in [6, 6.07) is -0.0865. The zero-order chi connectivity index (χ0) is 15.0. The maximum atomic E-state index is 12.7. The lowest BCUT2D eigenvalue weighted by atomic mass is 9.93. The molecule has 1 aliphatic heterocycles. The van der Waals surface area contributed by atoms with Crippen LogP contribution < -0.4 is 5.32 Å². The van der Waals surface area contributed by atoms with Crippen LogP contribution in [0.4, 0.5) is 17.6 Å². The van der Waals surface area contributed by atoms with Crippen molar-refractivity contribution in [2.24, 2.45) is 5.92 Å². The molecule has 0 spiro atoms. The quantitative estimate of drug-likeness (QED) is 0.664. The van der Waals surface area contributed by atoms with Gasteiger partial charge in [0.05, 0.1) is 6.61 Å². The van der Waals surface area contributed by atoms with Crippen LogP contribution >= 0.6 is 0 Å². The Morgan fingerprint density at radius 3 is 2.50 bits per heavy atom. The van der Waals surface area contributed by atoms with Gasteiger partial charge in [-0.3, -0.25) is 0 Å². The Kier molecular flexibility index (Phi) is 7.76. The van der Waals surface area contributed by atoms with Gasteiger partial charge in [-0.15, -0.1) is 0 Å². The molecular formula is C13H23F4NO2. The molecule has 20 heavy (non-hydrogen) atoms. The first-order chi connectivity index (χ1) is 9.45.